The zero-order valence-corrected chi connectivity index (χ0v) is 13.4. The smallest absolute Gasteiger partial charge is 0.411 e. The molecule has 4 nitrogen and oxygen atoms in total. The molecule has 1 heterocycles. The van der Waals surface area contributed by atoms with Gasteiger partial charge >= 0.3 is 6.18 Å². The zero-order valence-electron chi connectivity index (χ0n) is 13.4. The highest BCUT2D eigenvalue weighted by Gasteiger charge is 2.27. The molecule has 8 heteroatoms. The van der Waals surface area contributed by atoms with Crippen LogP contribution in [-0.2, 0) is 11.4 Å². The van der Waals surface area contributed by atoms with E-state index in [1.807, 2.05) is 0 Å². The fourth-order valence-corrected chi connectivity index (χ4v) is 1.97. The fraction of sp³-hybridized carbons (Fsp3) is 0.412. The molecule has 0 saturated heterocycles. The maximum atomic E-state index is 12.5. The molecule has 0 radical (unpaired) electrons. The number of aromatic nitrogens is 2. The van der Waals surface area contributed by atoms with E-state index in [2.05, 4.69) is 14.7 Å². The van der Waals surface area contributed by atoms with E-state index in [-0.39, 0.29) is 6.61 Å². The van der Waals surface area contributed by atoms with Crippen LogP contribution in [0.1, 0.15) is 18.4 Å². The summed E-state index contributed by atoms with van der Waals surface area (Å²) in [6.07, 6.45) is -0.223. The Kier molecular flexibility index (Phi) is 7.12. The predicted octanol–water partition coefficient (Wildman–Crippen LogP) is 4.35. The Hall–Kier alpha value is -2.22. The van der Waals surface area contributed by atoms with Crippen molar-refractivity contribution in [2.24, 2.45) is 0 Å². The highest BCUT2D eigenvalue weighted by atomic mass is 19.4. The number of benzene rings is 1. The Bertz CT molecular complexity index is 631. The molecule has 0 unspecified atom stereocenters. The van der Waals surface area contributed by atoms with Gasteiger partial charge in [-0.2, -0.15) is 13.2 Å². The molecule has 0 saturated carbocycles. The Balaban J connectivity index is 1.70. The van der Waals surface area contributed by atoms with Crippen molar-refractivity contribution >= 4 is 0 Å². The minimum absolute atomic E-state index is 0.0349. The Labute approximate surface area is 142 Å². The van der Waals surface area contributed by atoms with Crippen LogP contribution >= 0.6 is 0 Å². The van der Waals surface area contributed by atoms with Gasteiger partial charge in [-0.15, -0.1) is 0 Å². The molecular weight excluding hydrogens is 340 g/mol. The molecule has 1 aromatic carbocycles. The van der Waals surface area contributed by atoms with Crippen LogP contribution in [0, 0.1) is 0 Å². The number of ether oxygens (including phenoxy) is 2. The summed E-state index contributed by atoms with van der Waals surface area (Å²) in [4.78, 5) is 8.36. The highest BCUT2D eigenvalue weighted by Crippen LogP contribution is 2.18. The topological polar surface area (TPSA) is 44.2 Å². The summed E-state index contributed by atoms with van der Waals surface area (Å²) in [5, 5.41) is 0. The third-order valence-electron chi connectivity index (χ3n) is 3.21. The maximum Gasteiger partial charge on any atom is 0.411 e. The third kappa shape index (κ3) is 7.04. The van der Waals surface area contributed by atoms with Gasteiger partial charge in [0.1, 0.15) is 13.3 Å². The second-order valence-electron chi connectivity index (χ2n) is 5.30. The summed E-state index contributed by atoms with van der Waals surface area (Å²) in [5.74, 6) is 0.971. The van der Waals surface area contributed by atoms with Crippen LogP contribution in [-0.4, -0.2) is 36.0 Å². The lowest BCUT2D eigenvalue weighted by atomic mass is 10.1. The first kappa shape index (κ1) is 19.1. The Morgan fingerprint density at radius 3 is 2.16 bits per heavy atom. The number of hydrogen-bond acceptors (Lipinski definition) is 4. The monoisotopic (exact) mass is 358 g/mol. The van der Waals surface area contributed by atoms with Gasteiger partial charge in [0.15, 0.2) is 11.6 Å². The van der Waals surface area contributed by atoms with Gasteiger partial charge in [0.2, 0.25) is 0 Å². The summed E-state index contributed by atoms with van der Waals surface area (Å²) in [7, 11) is 0. The quantitative estimate of drug-likeness (QED) is 0.494. The van der Waals surface area contributed by atoms with Crippen molar-refractivity contribution in [3.63, 3.8) is 0 Å². The third-order valence-corrected chi connectivity index (χ3v) is 3.21. The van der Waals surface area contributed by atoms with Crippen molar-refractivity contribution < 1.29 is 27.0 Å². The van der Waals surface area contributed by atoms with Crippen LogP contribution in [0.25, 0.3) is 11.4 Å². The molecule has 0 atom stereocenters. The van der Waals surface area contributed by atoms with Crippen molar-refractivity contribution in [3.05, 3.63) is 42.2 Å². The molecule has 2 aromatic rings. The van der Waals surface area contributed by atoms with Gasteiger partial charge in [-0.1, -0.05) is 24.3 Å². The lowest BCUT2D eigenvalue weighted by molar-refractivity contribution is -0.174. The first-order valence-corrected chi connectivity index (χ1v) is 7.72. The number of hydrogen-bond donors (Lipinski definition) is 0. The van der Waals surface area contributed by atoms with E-state index in [0.717, 1.165) is 5.56 Å². The molecule has 0 aliphatic heterocycles. The average Bonchev–Trinajstić information content (AvgIpc) is 2.60. The number of alkyl halides is 4. The summed E-state index contributed by atoms with van der Waals surface area (Å²) >= 11 is 0. The maximum absolute atomic E-state index is 12.5. The minimum atomic E-state index is -4.29. The van der Waals surface area contributed by atoms with Crippen molar-refractivity contribution in [2.45, 2.75) is 25.7 Å². The van der Waals surface area contributed by atoms with Crippen molar-refractivity contribution in [2.75, 3.05) is 19.8 Å². The standard InChI is InChI=1S/C17H18F4N2O2/c18-9-13-3-5-14(6-4-13)16-22-10-15(11-23-16)25-8-2-1-7-24-12-17(19,20)21/h3-6,10-11H,1-2,7-9,12H2. The van der Waals surface area contributed by atoms with Crippen molar-refractivity contribution in [3.8, 4) is 17.1 Å². The first-order chi connectivity index (χ1) is 12.0. The van der Waals surface area contributed by atoms with Crippen LogP contribution in [0.2, 0.25) is 0 Å². The van der Waals surface area contributed by atoms with Crippen LogP contribution in [0.5, 0.6) is 5.75 Å². The van der Waals surface area contributed by atoms with Crippen molar-refractivity contribution in [1.82, 2.24) is 9.97 Å². The minimum Gasteiger partial charge on any atom is -0.490 e. The summed E-state index contributed by atoms with van der Waals surface area (Å²) in [5.41, 5.74) is 1.36. The molecule has 0 aliphatic rings. The highest BCUT2D eigenvalue weighted by molar-refractivity contribution is 5.55. The van der Waals surface area contributed by atoms with E-state index in [4.69, 9.17) is 4.74 Å². The largest absolute Gasteiger partial charge is 0.490 e. The normalized spacial score (nSPS) is 11.5. The average molecular weight is 358 g/mol. The number of rotatable bonds is 9. The molecule has 0 spiro atoms. The van der Waals surface area contributed by atoms with E-state index in [1.54, 1.807) is 24.3 Å². The molecule has 136 valence electrons. The number of unbranched alkanes of at least 4 members (excludes halogenated alkanes) is 1. The summed E-state index contributed by atoms with van der Waals surface area (Å²) in [6.45, 7) is -1.37. The van der Waals surface area contributed by atoms with Gasteiger partial charge in [0, 0.05) is 12.2 Å². The van der Waals surface area contributed by atoms with E-state index in [9.17, 15) is 17.6 Å². The van der Waals surface area contributed by atoms with E-state index < -0.39 is 19.5 Å². The van der Waals surface area contributed by atoms with Gasteiger partial charge in [-0.3, -0.25) is 0 Å². The molecule has 0 amide bonds. The molecule has 2 rings (SSSR count). The fourth-order valence-electron chi connectivity index (χ4n) is 1.97. The molecule has 0 bridgehead atoms. The van der Waals surface area contributed by atoms with Gasteiger partial charge in [0.05, 0.1) is 19.0 Å². The van der Waals surface area contributed by atoms with Crippen LogP contribution in [0.15, 0.2) is 36.7 Å². The second-order valence-corrected chi connectivity index (χ2v) is 5.30. The SMILES string of the molecule is FCc1ccc(-c2ncc(OCCCCOCC(F)(F)F)cn2)cc1. The first-order valence-electron chi connectivity index (χ1n) is 7.72. The van der Waals surface area contributed by atoms with Crippen LogP contribution in [0.4, 0.5) is 17.6 Å². The zero-order chi connectivity index (χ0) is 18.1. The van der Waals surface area contributed by atoms with Gasteiger partial charge in [0.25, 0.3) is 0 Å². The van der Waals surface area contributed by atoms with Crippen LogP contribution < -0.4 is 4.74 Å². The number of halogens is 4. The van der Waals surface area contributed by atoms with Gasteiger partial charge < -0.3 is 9.47 Å². The number of nitrogens with zero attached hydrogens (tertiary/aromatic N) is 2. The summed E-state index contributed by atoms with van der Waals surface area (Å²) < 4.78 is 58.0. The molecule has 25 heavy (non-hydrogen) atoms. The van der Waals surface area contributed by atoms with E-state index >= 15 is 0 Å². The molecule has 0 aliphatic carbocycles. The lowest BCUT2D eigenvalue weighted by Gasteiger charge is -2.08. The van der Waals surface area contributed by atoms with Crippen molar-refractivity contribution in [1.29, 1.82) is 0 Å². The van der Waals surface area contributed by atoms with Gasteiger partial charge in [-0.05, 0) is 18.4 Å². The Morgan fingerprint density at radius 2 is 1.56 bits per heavy atom. The predicted molar refractivity (Wildman–Crippen MR) is 83.9 cm³/mol. The van der Waals surface area contributed by atoms with Crippen LogP contribution in [0.3, 0.4) is 0 Å². The van der Waals surface area contributed by atoms with Gasteiger partial charge in [-0.25, -0.2) is 14.4 Å². The summed E-state index contributed by atoms with van der Waals surface area (Å²) in [6, 6.07) is 6.82. The second kappa shape index (κ2) is 9.31. The molecule has 0 N–H and O–H groups in total. The lowest BCUT2D eigenvalue weighted by Crippen LogP contribution is -2.17. The molecule has 0 fully saturated rings. The Morgan fingerprint density at radius 1 is 0.920 bits per heavy atom. The molecule has 1 aromatic heterocycles. The van der Waals surface area contributed by atoms with E-state index in [0.29, 0.717) is 36.6 Å². The van der Waals surface area contributed by atoms with E-state index in [1.165, 1.54) is 12.4 Å². The molecular formula is C17H18F4N2O2.